The maximum Gasteiger partial charge on any atom is 0.321 e. The molecule has 3 amide bonds. The Bertz CT molecular complexity index is 472. The minimum Gasteiger partial charge on any atom is -0.353 e. The normalized spacial score (nSPS) is 11.6. The molecule has 110 valence electrons. The predicted molar refractivity (Wildman–Crippen MR) is 80.7 cm³/mol. The van der Waals surface area contributed by atoms with Crippen LogP contribution in [-0.2, 0) is 11.2 Å². The molecule has 0 radical (unpaired) electrons. The van der Waals surface area contributed by atoms with E-state index in [0.29, 0.717) is 12.1 Å². The second-order valence-corrected chi connectivity index (χ2v) is 5.08. The molecule has 20 heavy (non-hydrogen) atoms. The maximum absolute atomic E-state index is 11.8. The van der Waals surface area contributed by atoms with Gasteiger partial charge < -0.3 is 15.5 Å². The molecule has 0 saturated carbocycles. The molecule has 0 aliphatic rings. The van der Waals surface area contributed by atoms with Gasteiger partial charge in [-0.2, -0.15) is 0 Å². The highest BCUT2D eigenvalue weighted by Crippen LogP contribution is 2.11. The van der Waals surface area contributed by atoms with Crippen molar-refractivity contribution < 1.29 is 9.59 Å². The summed E-state index contributed by atoms with van der Waals surface area (Å²) in [5.74, 6) is -0.00423. The zero-order chi connectivity index (χ0) is 15.1. The summed E-state index contributed by atoms with van der Waals surface area (Å²) in [6.45, 7) is 4.01. The van der Waals surface area contributed by atoms with Gasteiger partial charge in [-0.1, -0.05) is 19.1 Å². The molecule has 1 aromatic carbocycles. The summed E-state index contributed by atoms with van der Waals surface area (Å²) in [6.07, 6.45) is 1.22. The quantitative estimate of drug-likeness (QED) is 0.867. The topological polar surface area (TPSA) is 61.4 Å². The Labute approximate surface area is 120 Å². The molecular weight excluding hydrogens is 254 g/mol. The van der Waals surface area contributed by atoms with Crippen molar-refractivity contribution in [2.75, 3.05) is 19.4 Å². The fourth-order valence-corrected chi connectivity index (χ4v) is 1.61. The van der Waals surface area contributed by atoms with Gasteiger partial charge in [-0.05, 0) is 31.0 Å². The lowest BCUT2D eigenvalue weighted by Crippen LogP contribution is -2.33. The number of carbonyl (C=O) groups is 2. The summed E-state index contributed by atoms with van der Waals surface area (Å²) < 4.78 is 0. The van der Waals surface area contributed by atoms with Crippen LogP contribution in [0.3, 0.4) is 0 Å². The van der Waals surface area contributed by atoms with Gasteiger partial charge in [0.15, 0.2) is 0 Å². The summed E-state index contributed by atoms with van der Waals surface area (Å²) in [5, 5.41) is 5.68. The van der Waals surface area contributed by atoms with E-state index in [4.69, 9.17) is 0 Å². The SMILES string of the molecule is CCC(C)NC(=O)Cc1cccc(NC(=O)N(C)C)c1. The first-order chi connectivity index (χ1) is 9.42. The fourth-order valence-electron chi connectivity index (χ4n) is 1.61. The fraction of sp³-hybridized carbons (Fsp3) is 0.467. The summed E-state index contributed by atoms with van der Waals surface area (Å²) in [4.78, 5) is 24.8. The first-order valence-corrected chi connectivity index (χ1v) is 6.79. The van der Waals surface area contributed by atoms with Crippen molar-refractivity contribution in [3.05, 3.63) is 29.8 Å². The lowest BCUT2D eigenvalue weighted by atomic mass is 10.1. The Morgan fingerprint density at radius 3 is 2.60 bits per heavy atom. The minimum atomic E-state index is -0.189. The third-order valence-corrected chi connectivity index (χ3v) is 2.97. The molecule has 1 atom stereocenters. The lowest BCUT2D eigenvalue weighted by molar-refractivity contribution is -0.121. The van der Waals surface area contributed by atoms with Gasteiger partial charge in [0, 0.05) is 25.8 Å². The molecule has 2 N–H and O–H groups in total. The Kier molecular flexibility index (Phi) is 6.03. The smallest absolute Gasteiger partial charge is 0.321 e. The second-order valence-electron chi connectivity index (χ2n) is 5.08. The minimum absolute atomic E-state index is 0.00423. The first-order valence-electron chi connectivity index (χ1n) is 6.79. The monoisotopic (exact) mass is 277 g/mol. The van der Waals surface area contributed by atoms with Crippen molar-refractivity contribution in [3.8, 4) is 0 Å². The average molecular weight is 277 g/mol. The zero-order valence-electron chi connectivity index (χ0n) is 12.6. The Balaban J connectivity index is 2.64. The van der Waals surface area contributed by atoms with Crippen LogP contribution in [0.4, 0.5) is 10.5 Å². The number of nitrogens with zero attached hydrogens (tertiary/aromatic N) is 1. The van der Waals surface area contributed by atoms with Crippen LogP contribution in [-0.4, -0.2) is 37.0 Å². The molecule has 0 spiro atoms. The molecule has 0 aliphatic carbocycles. The molecule has 0 bridgehead atoms. The number of hydrogen-bond donors (Lipinski definition) is 2. The average Bonchev–Trinajstić information content (AvgIpc) is 2.38. The molecule has 0 aliphatic heterocycles. The van der Waals surface area contributed by atoms with Crippen molar-refractivity contribution in [1.82, 2.24) is 10.2 Å². The van der Waals surface area contributed by atoms with Crippen LogP contribution in [0, 0.1) is 0 Å². The number of anilines is 1. The molecule has 1 unspecified atom stereocenters. The van der Waals surface area contributed by atoms with Gasteiger partial charge in [0.05, 0.1) is 6.42 Å². The molecule has 1 rings (SSSR count). The van der Waals surface area contributed by atoms with Gasteiger partial charge in [0.25, 0.3) is 0 Å². The van der Waals surface area contributed by atoms with E-state index in [1.165, 1.54) is 4.90 Å². The molecule has 5 heteroatoms. The zero-order valence-corrected chi connectivity index (χ0v) is 12.6. The van der Waals surface area contributed by atoms with Crippen LogP contribution >= 0.6 is 0 Å². The maximum atomic E-state index is 11.8. The summed E-state index contributed by atoms with van der Waals surface area (Å²) >= 11 is 0. The third kappa shape index (κ3) is 5.30. The molecule has 5 nitrogen and oxygen atoms in total. The van der Waals surface area contributed by atoms with Crippen LogP contribution in [0.2, 0.25) is 0 Å². The van der Waals surface area contributed by atoms with Gasteiger partial charge in [0.1, 0.15) is 0 Å². The third-order valence-electron chi connectivity index (χ3n) is 2.97. The lowest BCUT2D eigenvalue weighted by Gasteiger charge is -2.13. The Morgan fingerprint density at radius 2 is 2.00 bits per heavy atom. The number of rotatable bonds is 5. The molecule has 0 heterocycles. The molecule has 0 saturated heterocycles. The van der Waals surface area contributed by atoms with E-state index < -0.39 is 0 Å². The van der Waals surface area contributed by atoms with Crippen molar-refractivity contribution >= 4 is 17.6 Å². The Morgan fingerprint density at radius 1 is 1.30 bits per heavy atom. The Hall–Kier alpha value is -2.04. The highest BCUT2D eigenvalue weighted by Gasteiger charge is 2.08. The van der Waals surface area contributed by atoms with Crippen molar-refractivity contribution in [1.29, 1.82) is 0 Å². The van der Waals surface area contributed by atoms with Gasteiger partial charge >= 0.3 is 6.03 Å². The predicted octanol–water partition coefficient (Wildman–Crippen LogP) is 2.24. The number of hydrogen-bond acceptors (Lipinski definition) is 2. The number of benzene rings is 1. The van der Waals surface area contributed by atoms with E-state index in [9.17, 15) is 9.59 Å². The summed E-state index contributed by atoms with van der Waals surface area (Å²) in [6, 6.07) is 7.32. The standard InChI is InChI=1S/C15H23N3O2/c1-5-11(2)16-14(19)10-12-7-6-8-13(9-12)17-15(20)18(3)4/h6-9,11H,5,10H2,1-4H3,(H,16,19)(H,17,20). The molecule has 0 fully saturated rings. The first kappa shape index (κ1) is 16.0. The number of nitrogens with one attached hydrogen (secondary N) is 2. The van der Waals surface area contributed by atoms with Gasteiger partial charge in [-0.3, -0.25) is 4.79 Å². The highest BCUT2D eigenvalue weighted by molar-refractivity contribution is 5.89. The van der Waals surface area contributed by atoms with E-state index in [2.05, 4.69) is 10.6 Å². The number of amides is 3. The van der Waals surface area contributed by atoms with E-state index >= 15 is 0 Å². The van der Waals surface area contributed by atoms with Crippen LogP contribution < -0.4 is 10.6 Å². The van der Waals surface area contributed by atoms with Gasteiger partial charge in [-0.25, -0.2) is 4.79 Å². The van der Waals surface area contributed by atoms with Crippen LogP contribution in [0.5, 0.6) is 0 Å². The summed E-state index contributed by atoms with van der Waals surface area (Å²) in [5.41, 5.74) is 1.57. The van der Waals surface area contributed by atoms with Crippen LogP contribution in [0.25, 0.3) is 0 Å². The van der Waals surface area contributed by atoms with Crippen molar-refractivity contribution in [2.45, 2.75) is 32.7 Å². The number of carbonyl (C=O) groups excluding carboxylic acids is 2. The van der Waals surface area contributed by atoms with Gasteiger partial charge in [-0.15, -0.1) is 0 Å². The summed E-state index contributed by atoms with van der Waals surface area (Å²) in [7, 11) is 3.36. The molecule has 0 aromatic heterocycles. The van der Waals surface area contributed by atoms with E-state index in [1.54, 1.807) is 20.2 Å². The van der Waals surface area contributed by atoms with E-state index in [1.807, 2.05) is 32.0 Å². The second kappa shape index (κ2) is 7.53. The van der Waals surface area contributed by atoms with Crippen LogP contribution in [0.15, 0.2) is 24.3 Å². The van der Waals surface area contributed by atoms with Crippen LogP contribution in [0.1, 0.15) is 25.8 Å². The van der Waals surface area contributed by atoms with Crippen molar-refractivity contribution in [2.24, 2.45) is 0 Å². The number of urea groups is 1. The molecular formula is C15H23N3O2. The molecule has 1 aromatic rings. The van der Waals surface area contributed by atoms with E-state index in [0.717, 1.165) is 12.0 Å². The van der Waals surface area contributed by atoms with E-state index in [-0.39, 0.29) is 18.0 Å². The van der Waals surface area contributed by atoms with Crippen molar-refractivity contribution in [3.63, 3.8) is 0 Å². The largest absolute Gasteiger partial charge is 0.353 e. The highest BCUT2D eigenvalue weighted by atomic mass is 16.2. The van der Waals surface area contributed by atoms with Gasteiger partial charge in [0.2, 0.25) is 5.91 Å².